The summed E-state index contributed by atoms with van der Waals surface area (Å²) in [5, 5.41) is 8.87. The molecule has 0 unspecified atom stereocenters. The molecule has 0 bridgehead atoms. The smallest absolute Gasteiger partial charge is 0.296 e. The minimum absolute atomic E-state index is 0.181. The fraction of sp³-hybridized carbons (Fsp3) is 0.333. The molecule has 0 aromatic heterocycles. The average Bonchev–Trinajstić information content (AvgIpc) is 2.03. The highest BCUT2D eigenvalue weighted by Crippen LogP contribution is 2.30. The molecule has 4 heteroatoms. The van der Waals surface area contributed by atoms with Crippen LogP contribution in [0.25, 0.3) is 0 Å². The highest BCUT2D eigenvalue weighted by molar-refractivity contribution is 6.30. The number of aliphatic hydroxyl groups is 1. The van der Waals surface area contributed by atoms with E-state index < -0.39 is 12.5 Å². The van der Waals surface area contributed by atoms with Crippen molar-refractivity contribution >= 4 is 11.6 Å². The maximum atomic E-state index is 13.0. The molecule has 0 spiro atoms. The molecule has 0 heterocycles. The van der Waals surface area contributed by atoms with E-state index in [4.69, 9.17) is 16.7 Å². The molecule has 0 fully saturated rings. The van der Waals surface area contributed by atoms with Crippen molar-refractivity contribution in [1.29, 1.82) is 0 Å². The summed E-state index contributed by atoms with van der Waals surface area (Å²) in [6.45, 7) is 0.347. The van der Waals surface area contributed by atoms with Gasteiger partial charge < -0.3 is 5.11 Å². The standard InChI is InChI=1S/C9H9ClF2O/c1-6-4-7(10)2-3-8(6)9(11,12)5-13/h2-4,13H,5H2,1H3. The largest absolute Gasteiger partial charge is 0.390 e. The number of aliphatic hydroxyl groups excluding tert-OH is 1. The van der Waals surface area contributed by atoms with Crippen LogP contribution in [0.15, 0.2) is 18.2 Å². The van der Waals surface area contributed by atoms with Crippen LogP contribution in [-0.2, 0) is 5.92 Å². The van der Waals surface area contributed by atoms with Gasteiger partial charge in [-0.05, 0) is 24.6 Å². The Labute approximate surface area is 80.0 Å². The zero-order valence-electron chi connectivity index (χ0n) is 7.02. The van der Waals surface area contributed by atoms with Crippen LogP contribution in [0.2, 0.25) is 5.02 Å². The number of alkyl halides is 2. The van der Waals surface area contributed by atoms with Crippen LogP contribution in [0, 0.1) is 6.92 Å². The molecule has 0 atom stereocenters. The summed E-state index contributed by atoms with van der Waals surface area (Å²) in [4.78, 5) is 0. The van der Waals surface area contributed by atoms with Crippen molar-refractivity contribution in [1.82, 2.24) is 0 Å². The molecular weight excluding hydrogens is 198 g/mol. The van der Waals surface area contributed by atoms with Gasteiger partial charge in [-0.25, -0.2) is 0 Å². The predicted molar refractivity (Wildman–Crippen MR) is 47.2 cm³/mol. The highest BCUT2D eigenvalue weighted by Gasteiger charge is 2.31. The van der Waals surface area contributed by atoms with Crippen molar-refractivity contribution in [3.8, 4) is 0 Å². The van der Waals surface area contributed by atoms with Crippen LogP contribution in [-0.4, -0.2) is 11.7 Å². The molecule has 1 N–H and O–H groups in total. The first-order valence-corrected chi connectivity index (χ1v) is 4.10. The monoisotopic (exact) mass is 206 g/mol. The molecule has 1 aromatic carbocycles. The predicted octanol–water partition coefficient (Wildman–Crippen LogP) is 2.73. The molecule has 0 aliphatic rings. The van der Waals surface area contributed by atoms with Crippen LogP contribution >= 0.6 is 11.6 Å². The zero-order valence-corrected chi connectivity index (χ0v) is 7.78. The Bertz CT molecular complexity index is 312. The van der Waals surface area contributed by atoms with E-state index >= 15 is 0 Å². The zero-order chi connectivity index (χ0) is 10.1. The van der Waals surface area contributed by atoms with E-state index in [0.717, 1.165) is 0 Å². The topological polar surface area (TPSA) is 20.2 Å². The molecule has 1 aromatic rings. The van der Waals surface area contributed by atoms with E-state index in [9.17, 15) is 8.78 Å². The van der Waals surface area contributed by atoms with Gasteiger partial charge in [0.1, 0.15) is 6.61 Å². The Balaban J connectivity index is 3.16. The Hall–Kier alpha value is -0.670. The van der Waals surface area contributed by atoms with Crippen LogP contribution in [0.5, 0.6) is 0 Å². The molecule has 0 aliphatic carbocycles. The Morgan fingerprint density at radius 2 is 2.08 bits per heavy atom. The number of halogens is 3. The van der Waals surface area contributed by atoms with Crippen LogP contribution in [0.3, 0.4) is 0 Å². The van der Waals surface area contributed by atoms with Crippen molar-refractivity contribution in [3.05, 3.63) is 34.3 Å². The summed E-state index contributed by atoms with van der Waals surface area (Å²) in [6, 6.07) is 4.06. The molecule has 13 heavy (non-hydrogen) atoms. The first-order chi connectivity index (χ1) is 5.97. The summed E-state index contributed by atoms with van der Waals surface area (Å²) >= 11 is 5.60. The van der Waals surface area contributed by atoms with E-state index in [1.807, 2.05) is 0 Å². The van der Waals surface area contributed by atoms with E-state index in [-0.39, 0.29) is 5.56 Å². The van der Waals surface area contributed by atoms with Crippen molar-refractivity contribution in [2.24, 2.45) is 0 Å². The molecule has 72 valence electrons. The van der Waals surface area contributed by atoms with E-state index in [0.29, 0.717) is 10.6 Å². The molecule has 1 rings (SSSR count). The number of hydrogen-bond acceptors (Lipinski definition) is 1. The van der Waals surface area contributed by atoms with Gasteiger partial charge in [0.15, 0.2) is 0 Å². The van der Waals surface area contributed by atoms with Gasteiger partial charge in [-0.15, -0.1) is 0 Å². The Morgan fingerprint density at radius 1 is 1.46 bits per heavy atom. The lowest BCUT2D eigenvalue weighted by Crippen LogP contribution is -2.19. The second-order valence-corrected chi connectivity index (χ2v) is 3.26. The molecule has 0 aliphatic heterocycles. The van der Waals surface area contributed by atoms with Crippen molar-refractivity contribution in [2.75, 3.05) is 6.61 Å². The second-order valence-electron chi connectivity index (χ2n) is 2.82. The van der Waals surface area contributed by atoms with Gasteiger partial charge in [0, 0.05) is 10.6 Å². The van der Waals surface area contributed by atoms with Crippen molar-refractivity contribution < 1.29 is 13.9 Å². The van der Waals surface area contributed by atoms with Gasteiger partial charge >= 0.3 is 0 Å². The normalized spacial score (nSPS) is 11.8. The van der Waals surface area contributed by atoms with E-state index in [1.165, 1.54) is 25.1 Å². The molecular formula is C9H9ClF2O. The first-order valence-electron chi connectivity index (χ1n) is 3.72. The quantitative estimate of drug-likeness (QED) is 0.789. The number of rotatable bonds is 2. The van der Waals surface area contributed by atoms with Crippen LogP contribution in [0.1, 0.15) is 11.1 Å². The lowest BCUT2D eigenvalue weighted by Gasteiger charge is -2.15. The number of benzene rings is 1. The number of hydrogen-bond donors (Lipinski definition) is 1. The van der Waals surface area contributed by atoms with E-state index in [1.54, 1.807) is 0 Å². The number of aryl methyl sites for hydroxylation is 1. The molecule has 0 saturated heterocycles. The van der Waals surface area contributed by atoms with Gasteiger partial charge in [-0.1, -0.05) is 17.7 Å². The summed E-state index contributed by atoms with van der Waals surface area (Å²) < 4.78 is 26.0. The third-order valence-corrected chi connectivity index (χ3v) is 2.02. The summed E-state index contributed by atoms with van der Waals surface area (Å²) in [7, 11) is 0. The molecule has 1 nitrogen and oxygen atoms in total. The van der Waals surface area contributed by atoms with E-state index in [2.05, 4.69) is 0 Å². The maximum Gasteiger partial charge on any atom is 0.296 e. The fourth-order valence-corrected chi connectivity index (χ4v) is 1.35. The van der Waals surface area contributed by atoms with Gasteiger partial charge in [-0.3, -0.25) is 0 Å². The third kappa shape index (κ3) is 2.17. The van der Waals surface area contributed by atoms with Crippen molar-refractivity contribution in [2.45, 2.75) is 12.8 Å². The second kappa shape index (κ2) is 3.60. The highest BCUT2D eigenvalue weighted by atomic mass is 35.5. The lowest BCUT2D eigenvalue weighted by molar-refractivity contribution is -0.0561. The Morgan fingerprint density at radius 3 is 2.54 bits per heavy atom. The van der Waals surface area contributed by atoms with Crippen LogP contribution in [0.4, 0.5) is 8.78 Å². The minimum atomic E-state index is -3.19. The van der Waals surface area contributed by atoms with Gasteiger partial charge in [0.25, 0.3) is 5.92 Å². The summed E-state index contributed by atoms with van der Waals surface area (Å²) in [5.41, 5.74) is 0.200. The van der Waals surface area contributed by atoms with Gasteiger partial charge in [-0.2, -0.15) is 8.78 Å². The molecule has 0 amide bonds. The SMILES string of the molecule is Cc1cc(Cl)ccc1C(F)(F)CO. The third-order valence-electron chi connectivity index (χ3n) is 1.78. The summed E-state index contributed by atoms with van der Waals surface area (Å²) in [6.07, 6.45) is 0. The van der Waals surface area contributed by atoms with Gasteiger partial charge in [0.05, 0.1) is 0 Å². The fourth-order valence-electron chi connectivity index (χ4n) is 1.12. The van der Waals surface area contributed by atoms with Gasteiger partial charge in [0.2, 0.25) is 0 Å². The lowest BCUT2D eigenvalue weighted by atomic mass is 10.0. The Kier molecular flexibility index (Phi) is 2.88. The summed E-state index contributed by atoms with van der Waals surface area (Å²) in [5.74, 6) is -3.19. The average molecular weight is 207 g/mol. The molecule has 0 radical (unpaired) electrons. The maximum absolute atomic E-state index is 13.0. The molecule has 0 saturated carbocycles. The van der Waals surface area contributed by atoms with Crippen molar-refractivity contribution in [3.63, 3.8) is 0 Å². The minimum Gasteiger partial charge on any atom is -0.390 e. The first kappa shape index (κ1) is 10.4. The van der Waals surface area contributed by atoms with Crippen LogP contribution < -0.4 is 0 Å².